The molecule has 5 rings (SSSR count). The minimum Gasteiger partial charge on any atom is -0.494 e. The lowest BCUT2D eigenvalue weighted by atomic mass is 9.36. The third-order valence-electron chi connectivity index (χ3n) is 8.05. The summed E-state index contributed by atoms with van der Waals surface area (Å²) in [5.74, 6) is 3.51. The zero-order valence-corrected chi connectivity index (χ0v) is 12.3. The first-order chi connectivity index (χ1) is 8.34. The molecular formula is C17H26O. The summed E-state index contributed by atoms with van der Waals surface area (Å²) in [4.78, 5) is 0. The highest BCUT2D eigenvalue weighted by atomic mass is 16.5. The minimum atomic E-state index is 0.334. The van der Waals surface area contributed by atoms with Gasteiger partial charge in [0.1, 0.15) is 6.10 Å². The summed E-state index contributed by atoms with van der Waals surface area (Å²) in [6.45, 7) is 14.3. The van der Waals surface area contributed by atoms with Gasteiger partial charge in [0.05, 0.1) is 5.76 Å². The van der Waals surface area contributed by atoms with Crippen LogP contribution in [-0.4, -0.2) is 6.10 Å². The van der Waals surface area contributed by atoms with Crippen molar-refractivity contribution in [3.05, 3.63) is 12.3 Å². The highest BCUT2D eigenvalue weighted by molar-refractivity contribution is 5.28. The summed E-state index contributed by atoms with van der Waals surface area (Å²) in [5, 5.41) is 0. The quantitative estimate of drug-likeness (QED) is 0.616. The molecule has 6 atom stereocenters. The lowest BCUT2D eigenvalue weighted by Crippen LogP contribution is -2.65. The highest BCUT2D eigenvalue weighted by Gasteiger charge is 2.75. The van der Waals surface area contributed by atoms with Crippen molar-refractivity contribution in [3.8, 4) is 0 Å². The first-order valence-corrected chi connectivity index (χ1v) is 7.69. The van der Waals surface area contributed by atoms with E-state index in [0.29, 0.717) is 28.3 Å². The van der Waals surface area contributed by atoms with Crippen molar-refractivity contribution in [1.82, 2.24) is 0 Å². The maximum atomic E-state index is 6.21. The van der Waals surface area contributed by atoms with Gasteiger partial charge in [-0.05, 0) is 48.3 Å². The Morgan fingerprint density at radius 1 is 1.17 bits per heavy atom. The molecule has 0 radical (unpaired) electrons. The lowest BCUT2D eigenvalue weighted by molar-refractivity contribution is -0.207. The predicted molar refractivity (Wildman–Crippen MR) is 72.9 cm³/mol. The van der Waals surface area contributed by atoms with E-state index in [1.54, 1.807) is 0 Å². The average molecular weight is 246 g/mol. The Morgan fingerprint density at radius 3 is 2.56 bits per heavy atom. The second-order valence-corrected chi connectivity index (χ2v) is 8.30. The van der Waals surface area contributed by atoms with E-state index < -0.39 is 0 Å². The van der Waals surface area contributed by atoms with Gasteiger partial charge in [0, 0.05) is 11.3 Å². The van der Waals surface area contributed by atoms with Gasteiger partial charge in [0.2, 0.25) is 0 Å². The van der Waals surface area contributed by atoms with E-state index in [0.717, 1.165) is 17.6 Å². The molecule has 4 aliphatic carbocycles. The van der Waals surface area contributed by atoms with Crippen LogP contribution in [0.5, 0.6) is 0 Å². The van der Waals surface area contributed by atoms with Crippen molar-refractivity contribution in [2.75, 3.05) is 0 Å². The molecule has 4 bridgehead atoms. The summed E-state index contributed by atoms with van der Waals surface area (Å²) < 4.78 is 6.21. The Kier molecular flexibility index (Phi) is 1.79. The van der Waals surface area contributed by atoms with Crippen molar-refractivity contribution in [2.45, 2.75) is 59.5 Å². The molecule has 5 fully saturated rings. The fraction of sp³-hybridized carbons (Fsp3) is 0.882. The second kappa shape index (κ2) is 2.83. The Morgan fingerprint density at radius 2 is 1.89 bits per heavy atom. The summed E-state index contributed by atoms with van der Waals surface area (Å²) in [7, 11) is 0. The summed E-state index contributed by atoms with van der Waals surface area (Å²) in [6.07, 6.45) is 5.96. The molecule has 100 valence electrons. The molecule has 0 amide bonds. The van der Waals surface area contributed by atoms with Gasteiger partial charge >= 0.3 is 0 Å². The maximum absolute atomic E-state index is 6.21. The monoisotopic (exact) mass is 246 g/mol. The molecule has 1 aliphatic heterocycles. The van der Waals surface area contributed by atoms with Gasteiger partial charge in [-0.1, -0.05) is 34.3 Å². The van der Waals surface area contributed by atoms with Crippen molar-refractivity contribution in [1.29, 1.82) is 0 Å². The van der Waals surface area contributed by atoms with Crippen LogP contribution >= 0.6 is 0 Å². The first-order valence-electron chi connectivity index (χ1n) is 7.69. The molecular weight excluding hydrogens is 220 g/mol. The zero-order valence-electron chi connectivity index (χ0n) is 12.3. The van der Waals surface area contributed by atoms with Crippen molar-refractivity contribution >= 4 is 0 Å². The number of rotatable bonds is 0. The van der Waals surface area contributed by atoms with E-state index in [1.807, 2.05) is 0 Å². The van der Waals surface area contributed by atoms with E-state index in [-0.39, 0.29) is 0 Å². The molecule has 1 nitrogen and oxygen atoms in total. The van der Waals surface area contributed by atoms with Crippen LogP contribution in [0.15, 0.2) is 12.3 Å². The molecule has 1 saturated heterocycles. The Hall–Kier alpha value is -0.460. The third kappa shape index (κ3) is 0.867. The third-order valence-corrected chi connectivity index (χ3v) is 8.05. The van der Waals surface area contributed by atoms with Crippen molar-refractivity contribution < 1.29 is 4.74 Å². The number of ether oxygens (including phenoxy) is 1. The summed E-state index contributed by atoms with van der Waals surface area (Å²) in [6, 6.07) is 0. The molecule has 18 heavy (non-hydrogen) atoms. The fourth-order valence-corrected chi connectivity index (χ4v) is 6.67. The van der Waals surface area contributed by atoms with E-state index >= 15 is 0 Å². The van der Waals surface area contributed by atoms with Crippen LogP contribution in [0.1, 0.15) is 53.4 Å². The van der Waals surface area contributed by atoms with Crippen LogP contribution in [0, 0.1) is 34.0 Å². The standard InChI is InChI=1S/C17H26O/c1-10-6-7-13-15(3,4)16(5)12-8-17(10,13)9-14(16)18-11(12)2/h10,12-14H,2,6-9H2,1,3-5H3/t10-,12+,13+,14?,16-,17+/m1/s1. The topological polar surface area (TPSA) is 9.23 Å². The van der Waals surface area contributed by atoms with Gasteiger partial charge in [0.15, 0.2) is 0 Å². The summed E-state index contributed by atoms with van der Waals surface area (Å²) in [5.41, 5.74) is 1.31. The zero-order chi connectivity index (χ0) is 12.9. The average Bonchev–Trinajstić information content (AvgIpc) is 2.65. The predicted octanol–water partition coefficient (Wildman–Crippen LogP) is 4.39. The maximum Gasteiger partial charge on any atom is 0.105 e. The largest absolute Gasteiger partial charge is 0.494 e. The van der Waals surface area contributed by atoms with Gasteiger partial charge in [-0.3, -0.25) is 0 Å². The van der Waals surface area contributed by atoms with Gasteiger partial charge in [-0.15, -0.1) is 0 Å². The van der Waals surface area contributed by atoms with Crippen molar-refractivity contribution in [2.24, 2.45) is 34.0 Å². The molecule has 0 aromatic rings. The minimum absolute atomic E-state index is 0.334. The molecule has 1 spiro atoms. The Bertz CT molecular complexity index is 437. The van der Waals surface area contributed by atoms with Crippen LogP contribution < -0.4 is 0 Å². The van der Waals surface area contributed by atoms with E-state index in [9.17, 15) is 0 Å². The molecule has 0 N–H and O–H groups in total. The van der Waals surface area contributed by atoms with Crippen LogP contribution in [0.2, 0.25) is 0 Å². The molecule has 1 heteroatoms. The molecule has 0 aromatic carbocycles. The molecule has 5 aliphatic rings. The van der Waals surface area contributed by atoms with Crippen LogP contribution in [-0.2, 0) is 4.74 Å². The Balaban J connectivity index is 1.94. The lowest BCUT2D eigenvalue weighted by Gasteiger charge is -2.67. The number of allylic oxidation sites excluding steroid dienone is 1. The number of hydrogen-bond acceptors (Lipinski definition) is 1. The van der Waals surface area contributed by atoms with Crippen LogP contribution in [0.4, 0.5) is 0 Å². The van der Waals surface area contributed by atoms with Crippen LogP contribution in [0.3, 0.4) is 0 Å². The molecule has 1 unspecified atom stereocenters. The van der Waals surface area contributed by atoms with E-state index in [1.165, 1.54) is 25.7 Å². The van der Waals surface area contributed by atoms with Gasteiger partial charge in [0.25, 0.3) is 0 Å². The normalized spacial score (nSPS) is 59.7. The Labute approximate surface area is 111 Å². The van der Waals surface area contributed by atoms with E-state index in [4.69, 9.17) is 4.74 Å². The SMILES string of the molecule is C=C1OC2C[C@]34C[C@@H]1[C@@]2(C)C(C)(C)[C@@H]3CC[C@H]4C. The van der Waals surface area contributed by atoms with Gasteiger partial charge in [-0.25, -0.2) is 0 Å². The van der Waals surface area contributed by atoms with E-state index in [2.05, 4.69) is 34.3 Å². The van der Waals surface area contributed by atoms with Crippen molar-refractivity contribution in [3.63, 3.8) is 0 Å². The highest BCUT2D eigenvalue weighted by Crippen LogP contribution is 2.79. The first kappa shape index (κ1) is 11.4. The molecule has 1 heterocycles. The van der Waals surface area contributed by atoms with Crippen LogP contribution in [0.25, 0.3) is 0 Å². The van der Waals surface area contributed by atoms with Gasteiger partial charge < -0.3 is 4.74 Å². The summed E-state index contributed by atoms with van der Waals surface area (Å²) >= 11 is 0. The smallest absolute Gasteiger partial charge is 0.105 e. The second-order valence-electron chi connectivity index (χ2n) is 8.30. The van der Waals surface area contributed by atoms with Gasteiger partial charge in [-0.2, -0.15) is 0 Å². The fourth-order valence-electron chi connectivity index (χ4n) is 6.67. The number of hydrogen-bond donors (Lipinski definition) is 0. The molecule has 4 saturated carbocycles. The molecule has 0 aromatic heterocycles.